The second-order valence-corrected chi connectivity index (χ2v) is 12.8. The molecule has 0 aliphatic carbocycles. The van der Waals surface area contributed by atoms with Crippen LogP contribution in [0.4, 0.5) is 24.5 Å². The fraction of sp³-hybridized carbons (Fsp3) is 0.222. The highest BCUT2D eigenvalue weighted by molar-refractivity contribution is 7.92. The number of halogens is 4. The molecule has 0 atom stereocenters. The van der Waals surface area contributed by atoms with E-state index < -0.39 is 33.5 Å². The Labute approximate surface area is 237 Å². The number of carbonyl (C=O) groups is 1. The molecule has 1 aromatic heterocycles. The summed E-state index contributed by atoms with van der Waals surface area (Å²) in [6.45, 7) is 3.59. The SMILES string of the molecule is COc1cc(OC(F)(F)F)cc(C(C)(C)c2cc(Cl)cc(NC(=O)c3cc4cc(NS(C)(=O)=O)ccc4s3)c2)c1. The molecule has 0 aliphatic rings. The van der Waals surface area contributed by atoms with E-state index in [1.165, 1.54) is 24.5 Å². The summed E-state index contributed by atoms with van der Waals surface area (Å²) < 4.78 is 74.3. The maximum atomic E-state index is 13.1. The first-order valence-corrected chi connectivity index (χ1v) is 14.7. The maximum Gasteiger partial charge on any atom is 0.573 e. The minimum atomic E-state index is -4.88. The van der Waals surface area contributed by atoms with E-state index in [0.717, 1.165) is 17.0 Å². The number of methoxy groups -OCH3 is 1. The molecule has 13 heteroatoms. The number of amides is 1. The van der Waals surface area contributed by atoms with Crippen LogP contribution in [0.15, 0.2) is 60.7 Å². The second-order valence-electron chi connectivity index (χ2n) is 9.49. The van der Waals surface area contributed by atoms with Crippen LogP contribution in [0.5, 0.6) is 11.5 Å². The highest BCUT2D eigenvalue weighted by Crippen LogP contribution is 2.39. The number of hydrogen-bond donors (Lipinski definition) is 2. The molecular formula is C27H24ClF3N2O5S2. The van der Waals surface area contributed by atoms with Gasteiger partial charge in [-0.1, -0.05) is 25.4 Å². The van der Waals surface area contributed by atoms with E-state index in [2.05, 4.69) is 14.8 Å². The lowest BCUT2D eigenvalue weighted by Gasteiger charge is -2.28. The number of rotatable bonds is 8. The van der Waals surface area contributed by atoms with Crippen LogP contribution in [0.25, 0.3) is 10.1 Å². The highest BCUT2D eigenvalue weighted by atomic mass is 35.5. The molecule has 2 N–H and O–H groups in total. The molecule has 1 heterocycles. The molecule has 7 nitrogen and oxygen atoms in total. The van der Waals surface area contributed by atoms with Crippen molar-refractivity contribution in [2.45, 2.75) is 25.6 Å². The van der Waals surface area contributed by atoms with Gasteiger partial charge in [0.05, 0.1) is 18.2 Å². The Balaban J connectivity index is 1.63. The molecule has 0 bridgehead atoms. The normalized spacial score (nSPS) is 12.3. The van der Waals surface area contributed by atoms with Crippen molar-refractivity contribution in [2.24, 2.45) is 0 Å². The first kappa shape index (κ1) is 29.5. The molecule has 0 radical (unpaired) electrons. The third kappa shape index (κ3) is 7.18. The number of ether oxygens (including phenoxy) is 2. The van der Waals surface area contributed by atoms with Gasteiger partial charge in [-0.25, -0.2) is 8.42 Å². The van der Waals surface area contributed by atoms with Crippen LogP contribution < -0.4 is 19.5 Å². The maximum absolute atomic E-state index is 13.1. The molecule has 0 spiro atoms. The molecule has 0 saturated carbocycles. The molecular weight excluding hydrogens is 589 g/mol. The molecule has 40 heavy (non-hydrogen) atoms. The Morgan fingerprint density at radius 2 is 1.60 bits per heavy atom. The predicted octanol–water partition coefficient (Wildman–Crippen LogP) is 7.41. The van der Waals surface area contributed by atoms with Gasteiger partial charge in [0.15, 0.2) is 0 Å². The standard InChI is InChI=1S/C27H24ClF3N2O5S2/c1-26(2,17-11-21(37-3)14-22(12-17)38-27(29,30)31)16-9-18(28)13-20(10-16)32-25(34)24-8-15-7-19(33-40(4,35)36)5-6-23(15)39-24/h5-14,33H,1-4H3,(H,32,34). The van der Waals surface area contributed by atoms with Crippen LogP contribution in [0.3, 0.4) is 0 Å². The number of fused-ring (bicyclic) bond motifs is 1. The first-order chi connectivity index (χ1) is 18.5. The Morgan fingerprint density at radius 1 is 0.925 bits per heavy atom. The fourth-order valence-electron chi connectivity index (χ4n) is 4.06. The zero-order chi connectivity index (χ0) is 29.5. The minimum Gasteiger partial charge on any atom is -0.497 e. The number of hydrogen-bond acceptors (Lipinski definition) is 6. The third-order valence-corrected chi connectivity index (χ3v) is 7.93. The predicted molar refractivity (Wildman–Crippen MR) is 152 cm³/mol. The number of benzene rings is 3. The van der Waals surface area contributed by atoms with Gasteiger partial charge >= 0.3 is 6.36 Å². The average Bonchev–Trinajstić information content (AvgIpc) is 3.25. The summed E-state index contributed by atoms with van der Waals surface area (Å²) in [4.78, 5) is 13.5. The van der Waals surface area contributed by atoms with Crippen molar-refractivity contribution in [3.05, 3.63) is 81.7 Å². The van der Waals surface area contributed by atoms with E-state index in [4.69, 9.17) is 16.3 Å². The highest BCUT2D eigenvalue weighted by Gasteiger charge is 2.33. The van der Waals surface area contributed by atoms with Crippen molar-refractivity contribution in [1.82, 2.24) is 0 Å². The Kier molecular flexibility index (Phi) is 7.99. The Morgan fingerprint density at radius 3 is 2.25 bits per heavy atom. The summed E-state index contributed by atoms with van der Waals surface area (Å²) in [7, 11) is -2.11. The molecule has 4 aromatic rings. The van der Waals surface area contributed by atoms with Crippen molar-refractivity contribution in [1.29, 1.82) is 0 Å². The largest absolute Gasteiger partial charge is 0.573 e. The molecule has 0 aliphatic heterocycles. The summed E-state index contributed by atoms with van der Waals surface area (Å²) in [5.41, 5.74) is 0.974. The second kappa shape index (κ2) is 10.8. The summed E-state index contributed by atoms with van der Waals surface area (Å²) >= 11 is 7.61. The quantitative estimate of drug-likeness (QED) is 0.216. The number of thiophene rings is 1. The number of sulfonamides is 1. The molecule has 0 fully saturated rings. The van der Waals surface area contributed by atoms with E-state index in [0.29, 0.717) is 37.8 Å². The average molecular weight is 613 g/mol. The summed E-state index contributed by atoms with van der Waals surface area (Å²) in [6.07, 6.45) is -3.83. The van der Waals surface area contributed by atoms with E-state index in [-0.39, 0.29) is 5.75 Å². The first-order valence-electron chi connectivity index (χ1n) is 11.6. The van der Waals surface area contributed by atoms with Crippen molar-refractivity contribution in [2.75, 3.05) is 23.4 Å². The summed E-state index contributed by atoms with van der Waals surface area (Å²) in [5, 5.41) is 3.81. The van der Waals surface area contributed by atoms with Gasteiger partial charge < -0.3 is 14.8 Å². The summed E-state index contributed by atoms with van der Waals surface area (Å²) in [6, 6.07) is 15.5. The van der Waals surface area contributed by atoms with Gasteiger partial charge in [0.2, 0.25) is 10.0 Å². The van der Waals surface area contributed by atoms with Crippen LogP contribution in [-0.2, 0) is 15.4 Å². The smallest absolute Gasteiger partial charge is 0.497 e. The van der Waals surface area contributed by atoms with Crippen LogP contribution in [-0.4, -0.2) is 34.1 Å². The van der Waals surface area contributed by atoms with E-state index in [9.17, 15) is 26.4 Å². The van der Waals surface area contributed by atoms with Crippen molar-refractivity contribution in [3.63, 3.8) is 0 Å². The third-order valence-electron chi connectivity index (χ3n) is 5.99. The number of alkyl halides is 3. The molecule has 4 rings (SSSR count). The van der Waals surface area contributed by atoms with Crippen LogP contribution in [0.2, 0.25) is 5.02 Å². The monoisotopic (exact) mass is 612 g/mol. The Bertz CT molecular complexity index is 1700. The lowest BCUT2D eigenvalue weighted by Crippen LogP contribution is -2.21. The molecule has 3 aromatic carbocycles. The number of anilines is 2. The van der Waals surface area contributed by atoms with Crippen molar-refractivity contribution in [3.8, 4) is 11.5 Å². The van der Waals surface area contributed by atoms with Gasteiger partial charge in [-0.2, -0.15) is 0 Å². The van der Waals surface area contributed by atoms with Gasteiger partial charge in [-0.05, 0) is 71.1 Å². The van der Waals surface area contributed by atoms with Crippen molar-refractivity contribution < 1.29 is 35.9 Å². The Hall–Kier alpha value is -3.48. The van der Waals surface area contributed by atoms with Gasteiger partial charge in [0.1, 0.15) is 11.5 Å². The number of carbonyl (C=O) groups excluding carboxylic acids is 1. The van der Waals surface area contributed by atoms with Crippen molar-refractivity contribution >= 4 is 60.3 Å². The molecule has 0 unspecified atom stereocenters. The van der Waals surface area contributed by atoms with Gasteiger partial charge in [-0.3, -0.25) is 9.52 Å². The van der Waals surface area contributed by atoms with E-state index in [1.807, 2.05) is 0 Å². The lowest BCUT2D eigenvalue weighted by molar-refractivity contribution is -0.274. The lowest BCUT2D eigenvalue weighted by atomic mass is 9.78. The molecule has 1 amide bonds. The van der Waals surface area contributed by atoms with Gasteiger partial charge in [0, 0.05) is 32.6 Å². The zero-order valence-electron chi connectivity index (χ0n) is 21.6. The van der Waals surface area contributed by atoms with Crippen LogP contribution in [0, 0.1) is 0 Å². The van der Waals surface area contributed by atoms with Crippen LogP contribution >= 0.6 is 22.9 Å². The van der Waals surface area contributed by atoms with E-state index >= 15 is 0 Å². The molecule has 0 saturated heterocycles. The molecule has 212 valence electrons. The zero-order valence-corrected chi connectivity index (χ0v) is 24.0. The topological polar surface area (TPSA) is 93.7 Å². The van der Waals surface area contributed by atoms with E-state index in [1.54, 1.807) is 62.4 Å². The summed E-state index contributed by atoms with van der Waals surface area (Å²) in [5.74, 6) is -0.655. The van der Waals surface area contributed by atoms with Gasteiger partial charge in [0.25, 0.3) is 5.91 Å². The number of nitrogens with one attached hydrogen (secondary N) is 2. The minimum absolute atomic E-state index is 0.181. The fourth-order valence-corrected chi connectivity index (χ4v) is 5.79. The van der Waals surface area contributed by atoms with Gasteiger partial charge in [-0.15, -0.1) is 24.5 Å². The van der Waals surface area contributed by atoms with Crippen LogP contribution in [0.1, 0.15) is 34.6 Å².